The van der Waals surface area contributed by atoms with Gasteiger partial charge < -0.3 is 5.73 Å². The summed E-state index contributed by atoms with van der Waals surface area (Å²) in [6.45, 7) is 4.38. The minimum Gasteiger partial charge on any atom is -0.329 e. The first kappa shape index (κ1) is 16.9. The third-order valence-corrected chi connectivity index (χ3v) is 4.44. The van der Waals surface area contributed by atoms with Gasteiger partial charge in [0.2, 0.25) is 10.0 Å². The minimum absolute atomic E-state index is 0.0181. The van der Waals surface area contributed by atoms with Crippen molar-refractivity contribution in [2.75, 3.05) is 6.54 Å². The maximum atomic E-state index is 12.8. The van der Waals surface area contributed by atoms with Crippen LogP contribution in [0.3, 0.4) is 0 Å². The highest BCUT2D eigenvalue weighted by molar-refractivity contribution is 7.89. The number of nitrogens with one attached hydrogen (secondary N) is 1. The van der Waals surface area contributed by atoms with E-state index in [4.69, 9.17) is 5.73 Å². The zero-order valence-electron chi connectivity index (χ0n) is 11.4. The fourth-order valence-electron chi connectivity index (χ4n) is 1.54. The van der Waals surface area contributed by atoms with E-state index >= 15 is 0 Å². The van der Waals surface area contributed by atoms with Crippen molar-refractivity contribution >= 4 is 10.0 Å². The lowest BCUT2D eigenvalue weighted by Gasteiger charge is -2.24. The summed E-state index contributed by atoms with van der Waals surface area (Å²) >= 11 is 0. The molecule has 0 bridgehead atoms. The number of hydrogen-bond donors (Lipinski definition) is 2. The molecule has 0 aliphatic carbocycles. The predicted molar refractivity (Wildman–Crippen MR) is 69.6 cm³/mol. The van der Waals surface area contributed by atoms with E-state index in [0.29, 0.717) is 6.07 Å². The van der Waals surface area contributed by atoms with Crippen molar-refractivity contribution in [1.82, 2.24) is 4.72 Å². The van der Waals surface area contributed by atoms with E-state index in [9.17, 15) is 21.6 Å². The number of sulfonamides is 1. The van der Waals surface area contributed by atoms with E-state index in [1.807, 2.05) is 0 Å². The van der Waals surface area contributed by atoms with Crippen molar-refractivity contribution < 1.29 is 21.6 Å². The number of benzene rings is 1. The van der Waals surface area contributed by atoms with Gasteiger partial charge in [0.05, 0.1) is 10.5 Å². The lowest BCUT2D eigenvalue weighted by molar-refractivity contribution is -0.138. The SMILES string of the molecule is Cc1ccc(S(=O)(=O)NC(C)(C)CN)cc1C(F)(F)F. The van der Waals surface area contributed by atoms with E-state index in [1.165, 1.54) is 6.92 Å². The molecule has 114 valence electrons. The molecule has 1 rings (SSSR count). The van der Waals surface area contributed by atoms with E-state index in [2.05, 4.69) is 4.72 Å². The fraction of sp³-hybridized carbons (Fsp3) is 0.500. The average Bonchev–Trinajstić information content (AvgIpc) is 2.26. The molecule has 0 amide bonds. The second-order valence-corrected chi connectivity index (χ2v) is 6.85. The van der Waals surface area contributed by atoms with E-state index in [-0.39, 0.29) is 12.1 Å². The summed E-state index contributed by atoms with van der Waals surface area (Å²) in [6, 6.07) is 2.90. The van der Waals surface area contributed by atoms with Crippen LogP contribution in [0.25, 0.3) is 0 Å². The Labute approximate surface area is 116 Å². The second-order valence-electron chi connectivity index (χ2n) is 5.17. The van der Waals surface area contributed by atoms with E-state index in [1.54, 1.807) is 13.8 Å². The van der Waals surface area contributed by atoms with Crippen molar-refractivity contribution in [2.24, 2.45) is 5.73 Å². The third kappa shape index (κ3) is 3.94. The fourth-order valence-corrected chi connectivity index (χ4v) is 2.99. The number of hydrogen-bond acceptors (Lipinski definition) is 3. The van der Waals surface area contributed by atoms with Crippen LogP contribution in [0.4, 0.5) is 13.2 Å². The van der Waals surface area contributed by atoms with Crippen LogP contribution in [0.15, 0.2) is 23.1 Å². The Balaban J connectivity index is 3.28. The number of nitrogens with two attached hydrogens (primary N) is 1. The van der Waals surface area contributed by atoms with Gasteiger partial charge in [-0.1, -0.05) is 6.07 Å². The first-order valence-corrected chi connectivity index (χ1v) is 7.29. The lowest BCUT2D eigenvalue weighted by Crippen LogP contribution is -2.48. The Morgan fingerprint density at radius 1 is 1.25 bits per heavy atom. The summed E-state index contributed by atoms with van der Waals surface area (Å²) < 4.78 is 64.8. The molecule has 0 saturated heterocycles. The van der Waals surface area contributed by atoms with Gasteiger partial charge in [-0.15, -0.1) is 0 Å². The Bertz CT molecular complexity index is 595. The Kier molecular flexibility index (Phi) is 4.52. The number of rotatable bonds is 4. The van der Waals surface area contributed by atoms with Crippen LogP contribution in [-0.2, 0) is 16.2 Å². The summed E-state index contributed by atoms with van der Waals surface area (Å²) in [5, 5.41) is 0. The summed E-state index contributed by atoms with van der Waals surface area (Å²) in [7, 11) is -4.06. The van der Waals surface area contributed by atoms with Gasteiger partial charge in [0.15, 0.2) is 0 Å². The molecule has 0 heterocycles. The minimum atomic E-state index is -4.60. The first-order chi connectivity index (χ1) is 8.89. The molecule has 3 N–H and O–H groups in total. The topological polar surface area (TPSA) is 72.2 Å². The van der Waals surface area contributed by atoms with Crippen molar-refractivity contribution in [3.05, 3.63) is 29.3 Å². The van der Waals surface area contributed by atoms with Gasteiger partial charge in [-0.25, -0.2) is 13.1 Å². The van der Waals surface area contributed by atoms with Gasteiger partial charge in [-0.3, -0.25) is 0 Å². The molecular formula is C12H17F3N2O2S. The van der Waals surface area contributed by atoms with Crippen LogP contribution in [0, 0.1) is 6.92 Å². The number of alkyl halides is 3. The molecule has 8 heteroatoms. The smallest absolute Gasteiger partial charge is 0.329 e. The van der Waals surface area contributed by atoms with Gasteiger partial charge in [-0.2, -0.15) is 13.2 Å². The Morgan fingerprint density at radius 2 is 1.80 bits per heavy atom. The van der Waals surface area contributed by atoms with Crippen LogP contribution in [0.5, 0.6) is 0 Å². The maximum Gasteiger partial charge on any atom is 0.416 e. The molecule has 0 saturated carbocycles. The molecule has 20 heavy (non-hydrogen) atoms. The largest absolute Gasteiger partial charge is 0.416 e. The maximum absolute atomic E-state index is 12.8. The molecular weight excluding hydrogens is 293 g/mol. The summed E-state index contributed by atoms with van der Waals surface area (Å²) in [6.07, 6.45) is -4.60. The van der Waals surface area contributed by atoms with Crippen LogP contribution >= 0.6 is 0 Å². The van der Waals surface area contributed by atoms with Gasteiger partial charge in [0.25, 0.3) is 0 Å². The monoisotopic (exact) mass is 310 g/mol. The van der Waals surface area contributed by atoms with Gasteiger partial charge in [0, 0.05) is 12.1 Å². The van der Waals surface area contributed by atoms with Crippen LogP contribution in [0.1, 0.15) is 25.0 Å². The molecule has 0 fully saturated rings. The van der Waals surface area contributed by atoms with Gasteiger partial charge in [-0.05, 0) is 38.5 Å². The molecule has 0 spiro atoms. The van der Waals surface area contributed by atoms with Crippen LogP contribution < -0.4 is 10.5 Å². The quantitative estimate of drug-likeness (QED) is 0.894. The van der Waals surface area contributed by atoms with Gasteiger partial charge in [0.1, 0.15) is 0 Å². The third-order valence-electron chi connectivity index (χ3n) is 2.75. The number of aryl methyl sites for hydroxylation is 1. The summed E-state index contributed by atoms with van der Waals surface area (Å²) in [4.78, 5) is -0.433. The Morgan fingerprint density at radius 3 is 2.25 bits per heavy atom. The molecule has 0 atom stereocenters. The normalized spacial score (nSPS) is 13.6. The molecule has 0 aromatic heterocycles. The highest BCUT2D eigenvalue weighted by Crippen LogP contribution is 2.33. The molecule has 0 aliphatic rings. The predicted octanol–water partition coefficient (Wildman–Crippen LogP) is 2.03. The van der Waals surface area contributed by atoms with Crippen molar-refractivity contribution in [3.63, 3.8) is 0 Å². The molecule has 0 aliphatic heterocycles. The highest BCUT2D eigenvalue weighted by Gasteiger charge is 2.34. The molecule has 0 radical (unpaired) electrons. The zero-order chi connectivity index (χ0) is 15.8. The van der Waals surface area contributed by atoms with Crippen molar-refractivity contribution in [3.8, 4) is 0 Å². The van der Waals surface area contributed by atoms with Crippen molar-refractivity contribution in [1.29, 1.82) is 0 Å². The summed E-state index contributed by atoms with van der Waals surface area (Å²) in [5.41, 5.74) is 3.47. The second kappa shape index (κ2) is 5.34. The first-order valence-electron chi connectivity index (χ1n) is 5.81. The molecule has 1 aromatic rings. The number of halogens is 3. The van der Waals surface area contributed by atoms with E-state index < -0.39 is 32.2 Å². The Hall–Kier alpha value is -1.12. The van der Waals surface area contributed by atoms with Crippen LogP contribution in [-0.4, -0.2) is 20.5 Å². The van der Waals surface area contributed by atoms with Gasteiger partial charge >= 0.3 is 6.18 Å². The summed E-state index contributed by atoms with van der Waals surface area (Å²) in [5.74, 6) is 0. The highest BCUT2D eigenvalue weighted by atomic mass is 32.2. The zero-order valence-corrected chi connectivity index (χ0v) is 12.2. The molecule has 0 unspecified atom stereocenters. The van der Waals surface area contributed by atoms with E-state index in [0.717, 1.165) is 12.1 Å². The lowest BCUT2D eigenvalue weighted by atomic mass is 10.1. The standard InChI is InChI=1S/C12H17F3N2O2S/c1-8-4-5-9(6-10(8)12(13,14)15)20(18,19)17-11(2,3)7-16/h4-6,17H,7,16H2,1-3H3. The average molecular weight is 310 g/mol. The van der Waals surface area contributed by atoms with Crippen molar-refractivity contribution in [2.45, 2.75) is 37.4 Å². The molecule has 1 aromatic carbocycles. The van der Waals surface area contributed by atoms with Crippen LogP contribution in [0.2, 0.25) is 0 Å². The molecule has 4 nitrogen and oxygen atoms in total.